The second-order valence-electron chi connectivity index (χ2n) is 4.09. The third kappa shape index (κ3) is 5.61. The van der Waals surface area contributed by atoms with Gasteiger partial charge in [0.15, 0.2) is 18.1 Å². The zero-order valence-corrected chi connectivity index (χ0v) is 11.6. The van der Waals surface area contributed by atoms with E-state index in [1.807, 2.05) is 32.0 Å². The van der Waals surface area contributed by atoms with Crippen molar-refractivity contribution >= 4 is 5.91 Å². The quantitative estimate of drug-likeness (QED) is 0.777. The lowest BCUT2D eigenvalue weighted by Crippen LogP contribution is -2.38. The van der Waals surface area contributed by atoms with Gasteiger partial charge in [-0.05, 0) is 26.0 Å². The summed E-state index contributed by atoms with van der Waals surface area (Å²) in [5.41, 5.74) is 0. The average molecular weight is 267 g/mol. The summed E-state index contributed by atoms with van der Waals surface area (Å²) < 4.78 is 15.8. The summed E-state index contributed by atoms with van der Waals surface area (Å²) in [6, 6.07) is 7.24. The van der Waals surface area contributed by atoms with Crippen molar-refractivity contribution in [1.82, 2.24) is 5.32 Å². The topological polar surface area (TPSA) is 56.8 Å². The monoisotopic (exact) mass is 267 g/mol. The zero-order valence-electron chi connectivity index (χ0n) is 11.6. The Balaban J connectivity index is 2.45. The maximum absolute atomic E-state index is 11.6. The molecule has 1 atom stereocenters. The molecule has 0 aliphatic rings. The van der Waals surface area contributed by atoms with Crippen molar-refractivity contribution in [2.75, 3.05) is 26.9 Å². The lowest BCUT2D eigenvalue weighted by atomic mass is 10.3. The number of rotatable bonds is 8. The first kappa shape index (κ1) is 15.3. The van der Waals surface area contributed by atoms with Gasteiger partial charge in [0.2, 0.25) is 0 Å². The van der Waals surface area contributed by atoms with Crippen LogP contribution in [0.2, 0.25) is 0 Å². The molecule has 0 saturated carbocycles. The number of hydrogen-bond acceptors (Lipinski definition) is 4. The summed E-state index contributed by atoms with van der Waals surface area (Å²) in [6.07, 6.45) is 0. The molecule has 0 spiro atoms. The first-order chi connectivity index (χ1) is 9.17. The van der Waals surface area contributed by atoms with Crippen LogP contribution in [0.5, 0.6) is 11.5 Å². The molecule has 5 heteroatoms. The van der Waals surface area contributed by atoms with E-state index >= 15 is 0 Å². The van der Waals surface area contributed by atoms with Crippen LogP contribution in [0, 0.1) is 0 Å². The Morgan fingerprint density at radius 3 is 2.47 bits per heavy atom. The first-order valence-electron chi connectivity index (χ1n) is 6.30. The molecule has 1 aromatic carbocycles. The van der Waals surface area contributed by atoms with Crippen molar-refractivity contribution in [1.29, 1.82) is 0 Å². The van der Waals surface area contributed by atoms with E-state index in [9.17, 15) is 4.79 Å². The normalized spacial score (nSPS) is 11.7. The Morgan fingerprint density at radius 2 is 1.89 bits per heavy atom. The van der Waals surface area contributed by atoms with Crippen molar-refractivity contribution in [3.8, 4) is 11.5 Å². The van der Waals surface area contributed by atoms with Crippen LogP contribution >= 0.6 is 0 Å². The van der Waals surface area contributed by atoms with Crippen LogP contribution in [0.1, 0.15) is 13.8 Å². The molecule has 1 unspecified atom stereocenters. The van der Waals surface area contributed by atoms with Gasteiger partial charge in [-0.3, -0.25) is 4.79 Å². The predicted octanol–water partition coefficient (Wildman–Crippen LogP) is 1.62. The van der Waals surface area contributed by atoms with Crippen LogP contribution in [0.4, 0.5) is 0 Å². The van der Waals surface area contributed by atoms with Crippen molar-refractivity contribution in [2.24, 2.45) is 0 Å². The van der Waals surface area contributed by atoms with E-state index < -0.39 is 0 Å². The molecule has 0 aliphatic heterocycles. The zero-order chi connectivity index (χ0) is 14.1. The standard InChI is InChI=1S/C14H21NO4/c1-4-18-12-7-5-6-8-13(12)19-10-14(16)15-11(2)9-17-3/h5-8,11H,4,9-10H2,1-3H3,(H,15,16). The molecule has 0 heterocycles. The van der Waals surface area contributed by atoms with Gasteiger partial charge in [0, 0.05) is 13.2 Å². The van der Waals surface area contributed by atoms with Crippen LogP contribution in [0.15, 0.2) is 24.3 Å². The summed E-state index contributed by atoms with van der Waals surface area (Å²) in [6.45, 7) is 4.75. The maximum atomic E-state index is 11.6. The van der Waals surface area contributed by atoms with Crippen LogP contribution in [0.3, 0.4) is 0 Å². The van der Waals surface area contributed by atoms with Crippen molar-refractivity contribution in [2.45, 2.75) is 19.9 Å². The van der Waals surface area contributed by atoms with Crippen LogP contribution < -0.4 is 14.8 Å². The third-order valence-corrected chi connectivity index (χ3v) is 2.33. The molecule has 0 radical (unpaired) electrons. The number of carbonyl (C=O) groups excluding carboxylic acids is 1. The van der Waals surface area contributed by atoms with Gasteiger partial charge in [0.25, 0.3) is 5.91 Å². The number of hydrogen-bond donors (Lipinski definition) is 1. The number of methoxy groups -OCH3 is 1. The molecule has 0 aliphatic carbocycles. The van der Waals surface area contributed by atoms with Crippen LogP contribution in [-0.4, -0.2) is 38.9 Å². The molecule has 106 valence electrons. The number of para-hydroxylation sites is 2. The van der Waals surface area contributed by atoms with Crippen LogP contribution in [-0.2, 0) is 9.53 Å². The summed E-state index contributed by atoms with van der Waals surface area (Å²) in [5.74, 6) is 1.03. The molecule has 19 heavy (non-hydrogen) atoms. The highest BCUT2D eigenvalue weighted by molar-refractivity contribution is 5.77. The fraction of sp³-hybridized carbons (Fsp3) is 0.500. The van der Waals surface area contributed by atoms with Gasteiger partial charge in [-0.15, -0.1) is 0 Å². The minimum absolute atomic E-state index is 0.0387. The first-order valence-corrected chi connectivity index (χ1v) is 6.30. The lowest BCUT2D eigenvalue weighted by molar-refractivity contribution is -0.124. The van der Waals surface area contributed by atoms with Crippen molar-refractivity contribution in [3.63, 3.8) is 0 Å². The second kappa shape index (κ2) is 8.37. The molecular weight excluding hydrogens is 246 g/mol. The number of amides is 1. The number of ether oxygens (including phenoxy) is 3. The van der Waals surface area contributed by atoms with E-state index in [4.69, 9.17) is 14.2 Å². The highest BCUT2D eigenvalue weighted by Crippen LogP contribution is 2.26. The maximum Gasteiger partial charge on any atom is 0.258 e. The smallest absolute Gasteiger partial charge is 0.258 e. The van der Waals surface area contributed by atoms with Gasteiger partial charge in [0.1, 0.15) is 0 Å². The fourth-order valence-corrected chi connectivity index (χ4v) is 1.60. The molecular formula is C14H21NO4. The minimum Gasteiger partial charge on any atom is -0.490 e. The second-order valence-corrected chi connectivity index (χ2v) is 4.09. The van der Waals surface area contributed by atoms with E-state index in [0.29, 0.717) is 24.7 Å². The van der Waals surface area contributed by atoms with Gasteiger partial charge in [-0.25, -0.2) is 0 Å². The summed E-state index contributed by atoms with van der Waals surface area (Å²) in [5, 5.41) is 2.77. The number of nitrogens with one attached hydrogen (secondary N) is 1. The molecule has 0 fully saturated rings. The van der Waals surface area contributed by atoms with E-state index in [-0.39, 0.29) is 18.6 Å². The molecule has 5 nitrogen and oxygen atoms in total. The van der Waals surface area contributed by atoms with E-state index in [0.717, 1.165) is 0 Å². The molecule has 1 rings (SSSR count). The third-order valence-electron chi connectivity index (χ3n) is 2.33. The van der Waals surface area contributed by atoms with Gasteiger partial charge in [0.05, 0.1) is 13.2 Å². The molecule has 1 aromatic rings. The molecule has 0 aromatic heterocycles. The van der Waals surface area contributed by atoms with Gasteiger partial charge < -0.3 is 19.5 Å². The summed E-state index contributed by atoms with van der Waals surface area (Å²) in [7, 11) is 1.59. The van der Waals surface area contributed by atoms with Crippen molar-refractivity contribution in [3.05, 3.63) is 24.3 Å². The highest BCUT2D eigenvalue weighted by atomic mass is 16.5. The fourth-order valence-electron chi connectivity index (χ4n) is 1.60. The Labute approximate surface area is 113 Å². The van der Waals surface area contributed by atoms with Gasteiger partial charge in [-0.2, -0.15) is 0 Å². The highest BCUT2D eigenvalue weighted by Gasteiger charge is 2.09. The molecule has 0 bridgehead atoms. The van der Waals surface area contributed by atoms with E-state index in [2.05, 4.69) is 5.32 Å². The predicted molar refractivity (Wildman–Crippen MR) is 72.6 cm³/mol. The van der Waals surface area contributed by atoms with Gasteiger partial charge >= 0.3 is 0 Å². The molecule has 0 saturated heterocycles. The number of carbonyl (C=O) groups is 1. The SMILES string of the molecule is CCOc1ccccc1OCC(=O)NC(C)COC. The number of benzene rings is 1. The minimum atomic E-state index is -0.184. The summed E-state index contributed by atoms with van der Waals surface area (Å²) >= 11 is 0. The average Bonchev–Trinajstić information content (AvgIpc) is 2.38. The Bertz CT molecular complexity index is 395. The van der Waals surface area contributed by atoms with E-state index in [1.165, 1.54) is 0 Å². The van der Waals surface area contributed by atoms with Gasteiger partial charge in [-0.1, -0.05) is 12.1 Å². The Morgan fingerprint density at radius 1 is 1.26 bits per heavy atom. The van der Waals surface area contributed by atoms with Crippen molar-refractivity contribution < 1.29 is 19.0 Å². The van der Waals surface area contributed by atoms with Crippen LogP contribution in [0.25, 0.3) is 0 Å². The Hall–Kier alpha value is -1.75. The summed E-state index contributed by atoms with van der Waals surface area (Å²) in [4.78, 5) is 11.6. The molecule has 1 N–H and O–H groups in total. The lowest BCUT2D eigenvalue weighted by Gasteiger charge is -2.14. The largest absolute Gasteiger partial charge is 0.490 e. The van der Waals surface area contributed by atoms with E-state index in [1.54, 1.807) is 13.2 Å². The Kier molecular flexibility index (Phi) is 6.74. The molecule has 1 amide bonds.